The standard InChI is InChI=1S/C22H24N2O8/c1-7-8-5-4-6-9(25)11(8)16(26)12-10(7)17(27)14-15(24(2)3)18(28)13(21(23)31)20(30)22(14,32)19(12)29/h4-6,10,12-15,17-18,25,27-28,32H,1H2,2-3H3,(H2,23,31). The summed E-state index contributed by atoms with van der Waals surface area (Å²) in [6.07, 6.45) is -3.36. The van der Waals surface area contributed by atoms with E-state index in [0.29, 0.717) is 0 Å². The molecular weight excluding hydrogens is 420 g/mol. The molecule has 0 spiro atoms. The first-order valence-corrected chi connectivity index (χ1v) is 10.1. The molecular formula is C22H24N2O8. The van der Waals surface area contributed by atoms with Gasteiger partial charge < -0.3 is 31.1 Å². The summed E-state index contributed by atoms with van der Waals surface area (Å²) >= 11 is 0. The lowest BCUT2D eigenvalue weighted by Gasteiger charge is -2.57. The van der Waals surface area contributed by atoms with Crippen LogP contribution in [0.1, 0.15) is 15.9 Å². The van der Waals surface area contributed by atoms with Gasteiger partial charge in [-0.15, -0.1) is 0 Å². The van der Waals surface area contributed by atoms with Gasteiger partial charge in [0.25, 0.3) is 0 Å². The van der Waals surface area contributed by atoms with E-state index in [1.165, 1.54) is 37.2 Å². The van der Waals surface area contributed by atoms with Crippen molar-refractivity contribution in [2.75, 3.05) is 14.1 Å². The SMILES string of the molecule is C=C1c2cccc(O)c2C(=O)C2C(=O)C3(O)C(=O)C(C(N)=O)C(O)C(N(C)C)C3C(O)C12. The van der Waals surface area contributed by atoms with Crippen LogP contribution in [0.25, 0.3) is 5.57 Å². The Hall–Kier alpha value is -2.92. The third-order valence-corrected chi connectivity index (χ3v) is 7.18. The third-order valence-electron chi connectivity index (χ3n) is 7.18. The maximum Gasteiger partial charge on any atom is 0.230 e. The minimum Gasteiger partial charge on any atom is -0.507 e. The number of carbonyl (C=O) groups excluding carboxylic acids is 4. The predicted molar refractivity (Wildman–Crippen MR) is 109 cm³/mol. The minimum atomic E-state index is -2.95. The fourth-order valence-electron chi connectivity index (χ4n) is 5.78. The summed E-state index contributed by atoms with van der Waals surface area (Å²) in [6, 6.07) is 3.02. The number of hydrogen-bond donors (Lipinski definition) is 5. The maximum atomic E-state index is 13.6. The lowest BCUT2D eigenvalue weighted by molar-refractivity contribution is -0.204. The van der Waals surface area contributed by atoms with Crippen molar-refractivity contribution in [2.45, 2.75) is 23.9 Å². The van der Waals surface area contributed by atoms with E-state index in [2.05, 4.69) is 6.58 Å². The highest BCUT2D eigenvalue weighted by Gasteiger charge is 2.72. The molecule has 10 nitrogen and oxygen atoms in total. The first kappa shape index (κ1) is 22.3. The summed E-state index contributed by atoms with van der Waals surface area (Å²) in [6.45, 7) is 3.92. The third kappa shape index (κ3) is 2.54. The van der Waals surface area contributed by atoms with Crippen LogP contribution in [0.3, 0.4) is 0 Å². The molecule has 0 radical (unpaired) electrons. The van der Waals surface area contributed by atoms with Crippen molar-refractivity contribution in [3.8, 4) is 5.75 Å². The Morgan fingerprint density at radius 3 is 2.31 bits per heavy atom. The van der Waals surface area contributed by atoms with E-state index in [1.54, 1.807) is 0 Å². The van der Waals surface area contributed by atoms with Crippen LogP contribution in [-0.2, 0) is 14.4 Å². The lowest BCUT2D eigenvalue weighted by atomic mass is 9.50. The van der Waals surface area contributed by atoms with Crippen molar-refractivity contribution < 1.29 is 39.6 Å². The zero-order valence-corrected chi connectivity index (χ0v) is 17.4. The highest BCUT2D eigenvalue weighted by Crippen LogP contribution is 2.54. The van der Waals surface area contributed by atoms with Crippen LogP contribution in [0.15, 0.2) is 24.8 Å². The Kier molecular flexibility index (Phi) is 4.90. The summed E-state index contributed by atoms with van der Waals surface area (Å²) in [5.74, 6) is -11.5. The van der Waals surface area contributed by atoms with Crippen LogP contribution in [0.2, 0.25) is 0 Å². The number of likely N-dealkylation sites (N-methyl/N-ethyl adjacent to an activating group) is 1. The van der Waals surface area contributed by atoms with E-state index < -0.39 is 76.5 Å². The van der Waals surface area contributed by atoms with Gasteiger partial charge in [0.2, 0.25) is 5.91 Å². The van der Waals surface area contributed by atoms with Crippen molar-refractivity contribution in [3.05, 3.63) is 35.9 Å². The first-order valence-electron chi connectivity index (χ1n) is 10.1. The molecule has 170 valence electrons. The average molecular weight is 444 g/mol. The average Bonchev–Trinajstić information content (AvgIpc) is 2.70. The largest absolute Gasteiger partial charge is 0.507 e. The van der Waals surface area contributed by atoms with Gasteiger partial charge in [-0.05, 0) is 31.3 Å². The Bertz CT molecular complexity index is 1080. The number of phenols is 1. The Balaban J connectivity index is 1.96. The molecule has 0 bridgehead atoms. The minimum absolute atomic E-state index is 0.180. The van der Waals surface area contributed by atoms with Crippen molar-refractivity contribution in [1.29, 1.82) is 0 Å². The van der Waals surface area contributed by atoms with Crippen LogP contribution < -0.4 is 5.73 Å². The number of amides is 1. The number of rotatable bonds is 2. The smallest absolute Gasteiger partial charge is 0.230 e. The molecule has 1 amide bonds. The molecule has 2 fully saturated rings. The highest BCUT2D eigenvalue weighted by atomic mass is 16.3. The normalized spacial score (nSPS) is 38.9. The van der Waals surface area contributed by atoms with E-state index in [0.717, 1.165) is 0 Å². The molecule has 3 aliphatic rings. The van der Waals surface area contributed by atoms with Crippen LogP contribution in [0.5, 0.6) is 5.75 Å². The number of ketones is 3. The number of carbonyl (C=O) groups is 4. The molecule has 32 heavy (non-hydrogen) atoms. The summed E-state index contributed by atoms with van der Waals surface area (Å²) in [5.41, 5.74) is 2.58. The molecule has 0 saturated heterocycles. The monoisotopic (exact) mass is 444 g/mol. The fraction of sp³-hybridized carbons (Fsp3) is 0.455. The molecule has 10 heteroatoms. The van der Waals surface area contributed by atoms with Gasteiger partial charge in [-0.1, -0.05) is 18.7 Å². The van der Waals surface area contributed by atoms with E-state index in [4.69, 9.17) is 5.73 Å². The van der Waals surface area contributed by atoms with Gasteiger partial charge in [0.15, 0.2) is 23.0 Å². The first-order chi connectivity index (χ1) is 14.9. The highest BCUT2D eigenvalue weighted by molar-refractivity contribution is 6.27. The number of nitrogens with two attached hydrogens (primary N) is 1. The van der Waals surface area contributed by atoms with E-state index in [9.17, 15) is 39.6 Å². The van der Waals surface area contributed by atoms with Gasteiger partial charge in [0.1, 0.15) is 11.7 Å². The molecule has 2 saturated carbocycles. The molecule has 0 heterocycles. The predicted octanol–water partition coefficient (Wildman–Crippen LogP) is -1.90. The number of benzene rings is 1. The number of phenolic OH excluding ortho intramolecular Hbond substituents is 1. The summed E-state index contributed by atoms with van der Waals surface area (Å²) in [7, 11) is 2.97. The number of hydrogen-bond acceptors (Lipinski definition) is 9. The van der Waals surface area contributed by atoms with Gasteiger partial charge >= 0.3 is 0 Å². The fourth-order valence-corrected chi connectivity index (χ4v) is 5.78. The molecule has 8 atom stereocenters. The second-order valence-electron chi connectivity index (χ2n) is 8.93. The number of aliphatic hydroxyl groups excluding tert-OH is 2. The van der Waals surface area contributed by atoms with Crippen LogP contribution >= 0.6 is 0 Å². The van der Waals surface area contributed by atoms with E-state index in [1.807, 2.05) is 0 Å². The summed E-state index contributed by atoms with van der Waals surface area (Å²) in [5, 5.41) is 43.8. The number of nitrogens with zero attached hydrogens (tertiary/aromatic N) is 1. The summed E-state index contributed by atoms with van der Waals surface area (Å²) < 4.78 is 0. The maximum absolute atomic E-state index is 13.6. The molecule has 0 aliphatic heterocycles. The Labute approximate surface area is 182 Å². The van der Waals surface area contributed by atoms with Crippen molar-refractivity contribution in [1.82, 2.24) is 4.90 Å². The van der Waals surface area contributed by atoms with Gasteiger partial charge in [0.05, 0.1) is 23.7 Å². The van der Waals surface area contributed by atoms with Gasteiger partial charge in [-0.2, -0.15) is 0 Å². The van der Waals surface area contributed by atoms with Crippen molar-refractivity contribution in [2.24, 2.45) is 29.4 Å². The van der Waals surface area contributed by atoms with Crippen molar-refractivity contribution >= 4 is 28.8 Å². The second kappa shape index (κ2) is 7.04. The molecule has 0 aromatic heterocycles. The molecule has 8 unspecified atom stereocenters. The quantitative estimate of drug-likeness (QED) is 0.326. The second-order valence-corrected chi connectivity index (χ2v) is 8.93. The molecule has 6 N–H and O–H groups in total. The van der Waals surface area contributed by atoms with Crippen molar-refractivity contribution in [3.63, 3.8) is 0 Å². The number of Topliss-reactive ketones (excluding diaryl/α,β-unsaturated/α-hetero) is 3. The number of aromatic hydroxyl groups is 1. The lowest BCUT2D eigenvalue weighted by Crippen LogP contribution is -2.78. The molecule has 4 rings (SSSR count). The van der Waals surface area contributed by atoms with Crippen LogP contribution in [0, 0.1) is 23.7 Å². The number of primary amides is 1. The van der Waals surface area contributed by atoms with Crippen LogP contribution in [0.4, 0.5) is 0 Å². The molecule has 1 aromatic rings. The molecule has 1 aromatic carbocycles. The van der Waals surface area contributed by atoms with Gasteiger partial charge in [-0.3, -0.25) is 19.2 Å². The van der Waals surface area contributed by atoms with E-state index in [-0.39, 0.29) is 16.7 Å². The van der Waals surface area contributed by atoms with Crippen LogP contribution in [-0.4, -0.2) is 86.5 Å². The van der Waals surface area contributed by atoms with Gasteiger partial charge in [0, 0.05) is 17.9 Å². The zero-order valence-electron chi connectivity index (χ0n) is 17.4. The topological polar surface area (TPSA) is 178 Å². The summed E-state index contributed by atoms with van der Waals surface area (Å²) in [4.78, 5) is 53.4. The zero-order chi connectivity index (χ0) is 23.9. The number of aliphatic hydroxyl groups is 3. The molecule has 3 aliphatic carbocycles. The number of fused-ring (bicyclic) bond motifs is 3. The van der Waals surface area contributed by atoms with Gasteiger partial charge in [-0.25, -0.2) is 0 Å². The Morgan fingerprint density at radius 2 is 1.75 bits per heavy atom. The Morgan fingerprint density at radius 1 is 1.12 bits per heavy atom. The van der Waals surface area contributed by atoms with E-state index >= 15 is 0 Å².